The molecule has 2 N–H and O–H groups in total. The van der Waals surface area contributed by atoms with E-state index >= 15 is 0 Å². The van der Waals surface area contributed by atoms with Crippen molar-refractivity contribution in [2.75, 3.05) is 0 Å². The van der Waals surface area contributed by atoms with Gasteiger partial charge < -0.3 is 0 Å². The zero-order valence-electron chi connectivity index (χ0n) is 14.2. The van der Waals surface area contributed by atoms with Gasteiger partial charge in [-0.3, -0.25) is 25.2 Å². The van der Waals surface area contributed by atoms with Gasteiger partial charge in [0.1, 0.15) is 4.34 Å². The summed E-state index contributed by atoms with van der Waals surface area (Å²) in [6, 6.07) is 7.82. The minimum absolute atomic E-state index is 0.0219. The summed E-state index contributed by atoms with van der Waals surface area (Å²) in [5.41, 5.74) is 4.46. The quantitative estimate of drug-likeness (QED) is 0.629. The van der Waals surface area contributed by atoms with E-state index in [-0.39, 0.29) is 27.2 Å². The number of nitrogens with one attached hydrogen (secondary N) is 2. The summed E-state index contributed by atoms with van der Waals surface area (Å²) in [7, 11) is 0. The molecule has 27 heavy (non-hydrogen) atoms. The molecule has 2 heterocycles. The van der Waals surface area contributed by atoms with Gasteiger partial charge in [-0.05, 0) is 26.0 Å². The second kappa shape index (κ2) is 7.67. The molecule has 2 amide bonds. The molecular weight excluding hydrogens is 411 g/mol. The van der Waals surface area contributed by atoms with Gasteiger partial charge in [-0.2, -0.15) is 5.10 Å². The van der Waals surface area contributed by atoms with Gasteiger partial charge in [0.2, 0.25) is 0 Å². The van der Waals surface area contributed by atoms with Crippen molar-refractivity contribution in [2.24, 2.45) is 0 Å². The predicted octanol–water partition coefficient (Wildman–Crippen LogP) is 3.42. The summed E-state index contributed by atoms with van der Waals surface area (Å²) in [6.07, 6.45) is 0. The van der Waals surface area contributed by atoms with Crippen LogP contribution in [-0.4, -0.2) is 21.6 Å². The summed E-state index contributed by atoms with van der Waals surface area (Å²) < 4.78 is 1.80. The van der Waals surface area contributed by atoms with Gasteiger partial charge in [0.15, 0.2) is 5.69 Å². The van der Waals surface area contributed by atoms with E-state index in [0.717, 1.165) is 11.3 Å². The second-order valence-corrected chi connectivity index (χ2v) is 8.17. The number of carbonyl (C=O) groups excluding carboxylic acids is 2. The number of hydrogen-bond acceptors (Lipinski definition) is 5. The highest BCUT2D eigenvalue weighted by Crippen LogP contribution is 2.30. The summed E-state index contributed by atoms with van der Waals surface area (Å²) >= 11 is 12.8. The number of rotatable bonds is 3. The zero-order chi connectivity index (χ0) is 19.7. The van der Waals surface area contributed by atoms with Crippen molar-refractivity contribution in [2.45, 2.75) is 19.9 Å². The number of halogens is 2. The molecule has 3 rings (SSSR count). The van der Waals surface area contributed by atoms with Crippen LogP contribution >= 0.6 is 34.5 Å². The number of fused-ring (bicyclic) bond motifs is 1. The van der Waals surface area contributed by atoms with Crippen LogP contribution < -0.4 is 16.4 Å². The first kappa shape index (κ1) is 19.3. The fourth-order valence-corrected chi connectivity index (χ4v) is 3.92. The van der Waals surface area contributed by atoms with E-state index in [1.54, 1.807) is 38.1 Å². The normalized spacial score (nSPS) is 11.0. The van der Waals surface area contributed by atoms with Crippen LogP contribution in [0.25, 0.3) is 10.8 Å². The van der Waals surface area contributed by atoms with Gasteiger partial charge in [0.25, 0.3) is 17.4 Å². The minimum Gasteiger partial charge on any atom is -0.267 e. The van der Waals surface area contributed by atoms with Crippen LogP contribution in [0.5, 0.6) is 0 Å². The Bertz CT molecular complexity index is 1110. The molecule has 0 saturated carbocycles. The Kier molecular flexibility index (Phi) is 5.50. The van der Waals surface area contributed by atoms with Crippen molar-refractivity contribution in [3.05, 3.63) is 60.6 Å². The minimum atomic E-state index is -0.661. The lowest BCUT2D eigenvalue weighted by molar-refractivity contribution is 0.0844. The van der Waals surface area contributed by atoms with E-state index in [0.29, 0.717) is 15.1 Å². The monoisotopic (exact) mass is 424 g/mol. The number of hydrogen-bond donors (Lipinski definition) is 2. The first-order valence-electron chi connectivity index (χ1n) is 7.86. The van der Waals surface area contributed by atoms with Gasteiger partial charge in [0, 0.05) is 5.39 Å². The summed E-state index contributed by atoms with van der Waals surface area (Å²) in [5.74, 6) is -1.27. The van der Waals surface area contributed by atoms with Gasteiger partial charge in [-0.25, -0.2) is 4.68 Å². The van der Waals surface area contributed by atoms with Crippen molar-refractivity contribution >= 4 is 57.1 Å². The number of carbonyl (C=O) groups is 2. The van der Waals surface area contributed by atoms with Crippen LogP contribution in [0.15, 0.2) is 35.1 Å². The molecule has 1 aromatic carbocycles. The maximum absolute atomic E-state index is 12.6. The predicted molar refractivity (Wildman–Crippen MR) is 106 cm³/mol. The molecule has 0 aliphatic heterocycles. The number of nitrogens with zero attached hydrogens (tertiary/aromatic N) is 2. The van der Waals surface area contributed by atoms with E-state index < -0.39 is 11.8 Å². The molecule has 0 aliphatic carbocycles. The number of thiophene rings is 1. The Morgan fingerprint density at radius 2 is 1.74 bits per heavy atom. The molecule has 3 aromatic rings. The third-order valence-corrected chi connectivity index (χ3v) is 5.21. The fourth-order valence-electron chi connectivity index (χ4n) is 2.46. The Hall–Kier alpha value is -2.42. The van der Waals surface area contributed by atoms with Crippen LogP contribution in [0.1, 0.15) is 40.7 Å². The molecule has 0 bridgehead atoms. The van der Waals surface area contributed by atoms with Crippen molar-refractivity contribution in [1.82, 2.24) is 20.6 Å². The van der Waals surface area contributed by atoms with E-state index in [9.17, 15) is 14.4 Å². The molecule has 2 aromatic heterocycles. The van der Waals surface area contributed by atoms with Gasteiger partial charge >= 0.3 is 0 Å². The Morgan fingerprint density at radius 3 is 2.33 bits per heavy atom. The van der Waals surface area contributed by atoms with E-state index in [1.165, 1.54) is 10.7 Å². The average molecular weight is 425 g/mol. The zero-order valence-corrected chi connectivity index (χ0v) is 16.6. The van der Waals surface area contributed by atoms with Crippen LogP contribution in [-0.2, 0) is 0 Å². The van der Waals surface area contributed by atoms with Crippen LogP contribution in [0, 0.1) is 0 Å². The molecule has 0 unspecified atom stereocenters. The van der Waals surface area contributed by atoms with Crippen molar-refractivity contribution in [3.8, 4) is 0 Å². The highest BCUT2D eigenvalue weighted by atomic mass is 35.5. The molecule has 7 nitrogen and oxygen atoms in total. The standard InChI is InChI=1S/C17H14Cl2N4O3S/c1-8(2)23-17(26)10-6-4-3-5-9(10)13(22-23)16(25)21-20-15(24)11-7-12(18)27-14(11)19/h3-8H,1-2H3,(H,20,24)(H,21,25). The van der Waals surface area contributed by atoms with E-state index in [1.807, 2.05) is 0 Å². The first-order valence-corrected chi connectivity index (χ1v) is 9.44. The topological polar surface area (TPSA) is 93.1 Å². The number of hydrazine groups is 1. The SMILES string of the molecule is CC(C)n1nc(C(=O)NNC(=O)c2cc(Cl)sc2Cl)c2ccccc2c1=O. The molecule has 0 fully saturated rings. The van der Waals surface area contributed by atoms with Crippen molar-refractivity contribution in [3.63, 3.8) is 0 Å². The highest BCUT2D eigenvalue weighted by Gasteiger charge is 2.19. The lowest BCUT2D eigenvalue weighted by Gasteiger charge is -2.13. The maximum Gasteiger partial charge on any atom is 0.290 e. The third-order valence-electron chi connectivity index (χ3n) is 3.72. The molecule has 10 heteroatoms. The Balaban J connectivity index is 1.92. The van der Waals surface area contributed by atoms with Crippen molar-refractivity contribution in [1.29, 1.82) is 0 Å². The van der Waals surface area contributed by atoms with Gasteiger partial charge in [-0.1, -0.05) is 41.4 Å². The molecule has 0 radical (unpaired) electrons. The summed E-state index contributed by atoms with van der Waals surface area (Å²) in [4.78, 5) is 37.3. The number of benzene rings is 1. The average Bonchev–Trinajstić information content (AvgIpc) is 2.98. The second-order valence-electron chi connectivity index (χ2n) is 5.88. The lowest BCUT2D eigenvalue weighted by atomic mass is 10.1. The molecule has 0 saturated heterocycles. The van der Waals surface area contributed by atoms with Crippen LogP contribution in [0.2, 0.25) is 8.67 Å². The first-order chi connectivity index (χ1) is 12.8. The fraction of sp³-hybridized carbons (Fsp3) is 0.176. The molecular formula is C17H14Cl2N4O3S. The maximum atomic E-state index is 12.6. The Morgan fingerprint density at radius 1 is 1.11 bits per heavy atom. The van der Waals surface area contributed by atoms with Gasteiger partial charge in [0.05, 0.1) is 21.3 Å². The molecule has 140 valence electrons. The van der Waals surface area contributed by atoms with Crippen LogP contribution in [0.3, 0.4) is 0 Å². The smallest absolute Gasteiger partial charge is 0.267 e. The highest BCUT2D eigenvalue weighted by molar-refractivity contribution is 7.20. The molecule has 0 spiro atoms. The molecule has 0 aliphatic rings. The van der Waals surface area contributed by atoms with Crippen molar-refractivity contribution < 1.29 is 9.59 Å². The number of aromatic nitrogens is 2. The van der Waals surface area contributed by atoms with Crippen LogP contribution in [0.4, 0.5) is 0 Å². The lowest BCUT2D eigenvalue weighted by Crippen LogP contribution is -2.42. The molecule has 0 atom stereocenters. The van der Waals surface area contributed by atoms with Gasteiger partial charge in [-0.15, -0.1) is 11.3 Å². The summed E-state index contributed by atoms with van der Waals surface area (Å²) in [6.45, 7) is 3.57. The Labute approximate surface area is 167 Å². The van der Waals surface area contributed by atoms with E-state index in [4.69, 9.17) is 23.2 Å². The summed E-state index contributed by atoms with van der Waals surface area (Å²) in [5, 5.41) is 4.93. The van der Waals surface area contributed by atoms with E-state index in [2.05, 4.69) is 16.0 Å². The third kappa shape index (κ3) is 3.83. The largest absolute Gasteiger partial charge is 0.290 e. The number of amides is 2.